The average Bonchev–Trinajstić information content (AvgIpc) is 2.42. The van der Waals surface area contributed by atoms with Gasteiger partial charge in [0.1, 0.15) is 5.75 Å². The van der Waals surface area contributed by atoms with Crippen molar-refractivity contribution >= 4 is 39.1 Å². The Hall–Kier alpha value is -1.52. The lowest BCUT2D eigenvalue weighted by atomic mass is 10.1. The lowest BCUT2D eigenvalue weighted by Gasteiger charge is -2.12. The van der Waals surface area contributed by atoms with E-state index in [9.17, 15) is 4.79 Å². The van der Waals surface area contributed by atoms with Crippen LogP contribution in [0.1, 0.15) is 15.9 Å². The van der Waals surface area contributed by atoms with E-state index in [0.717, 1.165) is 10.0 Å². The van der Waals surface area contributed by atoms with Gasteiger partial charge in [-0.2, -0.15) is 0 Å². The minimum atomic E-state index is -0.202. The topological polar surface area (TPSA) is 38.3 Å². The number of carbonyl (C=O) groups excluding carboxylic acids is 1. The predicted molar refractivity (Wildman–Crippen MR) is 84.8 cm³/mol. The molecule has 0 unspecified atom stereocenters. The molecule has 0 atom stereocenters. The molecule has 0 fully saturated rings. The summed E-state index contributed by atoms with van der Waals surface area (Å²) in [6.07, 6.45) is 0. The van der Waals surface area contributed by atoms with Crippen LogP contribution in [0, 0.1) is 6.92 Å². The van der Waals surface area contributed by atoms with Gasteiger partial charge in [0, 0.05) is 21.1 Å². The molecule has 0 aliphatic heterocycles. The molecule has 5 heteroatoms. The summed E-state index contributed by atoms with van der Waals surface area (Å²) in [7, 11) is 1.54. The Kier molecular flexibility index (Phi) is 4.68. The fourth-order valence-electron chi connectivity index (χ4n) is 1.75. The van der Waals surface area contributed by atoms with Gasteiger partial charge >= 0.3 is 0 Å². The summed E-state index contributed by atoms with van der Waals surface area (Å²) in [5.74, 6) is 0.329. The van der Waals surface area contributed by atoms with Crippen molar-refractivity contribution in [1.29, 1.82) is 0 Å². The normalized spacial score (nSPS) is 10.2. The second-order valence-corrected chi connectivity index (χ2v) is 5.59. The van der Waals surface area contributed by atoms with Crippen LogP contribution in [0.15, 0.2) is 40.9 Å². The van der Waals surface area contributed by atoms with Gasteiger partial charge in [0.25, 0.3) is 5.91 Å². The first kappa shape index (κ1) is 14.9. The van der Waals surface area contributed by atoms with Gasteiger partial charge in [0.05, 0.1) is 12.8 Å². The van der Waals surface area contributed by atoms with Crippen LogP contribution in [0.3, 0.4) is 0 Å². The molecule has 0 spiro atoms. The van der Waals surface area contributed by atoms with Crippen molar-refractivity contribution in [3.63, 3.8) is 0 Å². The van der Waals surface area contributed by atoms with Crippen molar-refractivity contribution in [1.82, 2.24) is 0 Å². The number of rotatable bonds is 3. The monoisotopic (exact) mass is 353 g/mol. The SMILES string of the molecule is COc1cc(Cl)c(C)cc1NC(=O)c1cccc(Br)c1. The number of nitrogens with one attached hydrogen (secondary N) is 1. The van der Waals surface area contributed by atoms with Gasteiger partial charge in [0.2, 0.25) is 0 Å². The number of ether oxygens (including phenoxy) is 1. The fraction of sp³-hybridized carbons (Fsp3) is 0.133. The minimum Gasteiger partial charge on any atom is -0.495 e. The highest BCUT2D eigenvalue weighted by Crippen LogP contribution is 2.31. The predicted octanol–water partition coefficient (Wildman–Crippen LogP) is 4.67. The maximum Gasteiger partial charge on any atom is 0.255 e. The van der Waals surface area contributed by atoms with Crippen molar-refractivity contribution in [2.75, 3.05) is 12.4 Å². The van der Waals surface area contributed by atoms with Crippen LogP contribution in [-0.2, 0) is 0 Å². The zero-order valence-corrected chi connectivity index (χ0v) is 13.4. The third-order valence-electron chi connectivity index (χ3n) is 2.82. The van der Waals surface area contributed by atoms with Crippen LogP contribution in [0.4, 0.5) is 5.69 Å². The molecule has 0 bridgehead atoms. The molecule has 0 aliphatic carbocycles. The molecule has 20 heavy (non-hydrogen) atoms. The molecule has 1 amide bonds. The smallest absolute Gasteiger partial charge is 0.255 e. The number of benzene rings is 2. The minimum absolute atomic E-state index is 0.202. The van der Waals surface area contributed by atoms with Crippen LogP contribution in [0.25, 0.3) is 0 Å². The van der Waals surface area contributed by atoms with Crippen molar-refractivity contribution < 1.29 is 9.53 Å². The van der Waals surface area contributed by atoms with Crippen molar-refractivity contribution in [2.24, 2.45) is 0 Å². The van der Waals surface area contributed by atoms with Crippen LogP contribution in [0.5, 0.6) is 5.75 Å². The number of carbonyl (C=O) groups is 1. The van der Waals surface area contributed by atoms with E-state index in [1.807, 2.05) is 19.1 Å². The van der Waals surface area contributed by atoms with E-state index in [-0.39, 0.29) is 5.91 Å². The molecular formula is C15H13BrClNO2. The molecule has 2 aromatic rings. The van der Waals surface area contributed by atoms with Gasteiger partial charge in [-0.3, -0.25) is 4.79 Å². The van der Waals surface area contributed by atoms with Gasteiger partial charge in [-0.25, -0.2) is 0 Å². The van der Waals surface area contributed by atoms with Crippen LogP contribution >= 0.6 is 27.5 Å². The zero-order chi connectivity index (χ0) is 14.7. The average molecular weight is 355 g/mol. The standard InChI is InChI=1S/C15H13BrClNO2/c1-9-6-13(14(20-2)8-12(9)17)18-15(19)10-4-3-5-11(16)7-10/h3-8H,1-2H3,(H,18,19). The molecule has 0 aromatic heterocycles. The summed E-state index contributed by atoms with van der Waals surface area (Å²) in [6.45, 7) is 1.87. The summed E-state index contributed by atoms with van der Waals surface area (Å²) < 4.78 is 6.08. The lowest BCUT2D eigenvalue weighted by molar-refractivity contribution is 0.102. The molecule has 0 heterocycles. The zero-order valence-electron chi connectivity index (χ0n) is 11.0. The number of methoxy groups -OCH3 is 1. The number of hydrogen-bond donors (Lipinski definition) is 1. The van der Waals surface area contributed by atoms with Gasteiger partial charge < -0.3 is 10.1 Å². The van der Waals surface area contributed by atoms with Crippen LogP contribution in [0.2, 0.25) is 5.02 Å². The summed E-state index contributed by atoms with van der Waals surface area (Å²) >= 11 is 9.38. The first-order valence-corrected chi connectivity index (χ1v) is 7.09. The number of anilines is 1. The maximum absolute atomic E-state index is 12.2. The Morgan fingerprint density at radius 3 is 2.70 bits per heavy atom. The molecule has 3 nitrogen and oxygen atoms in total. The molecule has 0 saturated heterocycles. The molecule has 104 valence electrons. The third kappa shape index (κ3) is 3.32. The Balaban J connectivity index is 2.30. The molecule has 2 rings (SSSR count). The van der Waals surface area contributed by atoms with E-state index in [1.165, 1.54) is 7.11 Å². The second kappa shape index (κ2) is 6.29. The van der Waals surface area contributed by atoms with E-state index >= 15 is 0 Å². The van der Waals surface area contributed by atoms with Crippen molar-refractivity contribution in [2.45, 2.75) is 6.92 Å². The Bertz CT molecular complexity index is 658. The molecule has 0 saturated carbocycles. The first-order valence-electron chi connectivity index (χ1n) is 5.92. The summed E-state index contributed by atoms with van der Waals surface area (Å²) in [5.41, 5.74) is 2.03. The highest BCUT2D eigenvalue weighted by atomic mass is 79.9. The summed E-state index contributed by atoms with van der Waals surface area (Å²) in [4.78, 5) is 12.2. The molecule has 1 N–H and O–H groups in total. The fourth-order valence-corrected chi connectivity index (χ4v) is 2.31. The molecule has 0 aliphatic rings. The van der Waals surface area contributed by atoms with Gasteiger partial charge in [-0.05, 0) is 36.8 Å². The van der Waals surface area contributed by atoms with Gasteiger partial charge in [0.15, 0.2) is 0 Å². The number of hydrogen-bond acceptors (Lipinski definition) is 2. The number of amides is 1. The van der Waals surface area contributed by atoms with Crippen molar-refractivity contribution in [3.05, 3.63) is 57.0 Å². The molecular weight excluding hydrogens is 342 g/mol. The highest BCUT2D eigenvalue weighted by Gasteiger charge is 2.12. The number of aryl methyl sites for hydroxylation is 1. The quantitative estimate of drug-likeness (QED) is 0.869. The van der Waals surface area contributed by atoms with Crippen LogP contribution in [-0.4, -0.2) is 13.0 Å². The molecule has 0 radical (unpaired) electrons. The summed E-state index contributed by atoms with van der Waals surface area (Å²) in [5, 5.41) is 3.43. The van der Waals surface area contributed by atoms with Crippen molar-refractivity contribution in [3.8, 4) is 5.75 Å². The number of halogens is 2. The van der Waals surface area contributed by atoms with E-state index in [2.05, 4.69) is 21.2 Å². The van der Waals surface area contributed by atoms with E-state index in [4.69, 9.17) is 16.3 Å². The van der Waals surface area contributed by atoms with Gasteiger partial charge in [-0.1, -0.05) is 33.6 Å². The largest absolute Gasteiger partial charge is 0.495 e. The van der Waals surface area contributed by atoms with Gasteiger partial charge in [-0.15, -0.1) is 0 Å². The second-order valence-electron chi connectivity index (χ2n) is 4.27. The van der Waals surface area contributed by atoms with E-state index in [0.29, 0.717) is 22.0 Å². The first-order chi connectivity index (χ1) is 9.51. The van der Waals surface area contributed by atoms with E-state index in [1.54, 1.807) is 24.3 Å². The van der Waals surface area contributed by atoms with Crippen LogP contribution < -0.4 is 10.1 Å². The van der Waals surface area contributed by atoms with E-state index < -0.39 is 0 Å². The molecule has 2 aromatic carbocycles. The Morgan fingerprint density at radius 1 is 1.30 bits per heavy atom. The Labute approximate surface area is 131 Å². The lowest BCUT2D eigenvalue weighted by Crippen LogP contribution is -2.12. The Morgan fingerprint density at radius 2 is 2.05 bits per heavy atom. The maximum atomic E-state index is 12.2. The third-order valence-corrected chi connectivity index (χ3v) is 3.72. The summed E-state index contributed by atoms with van der Waals surface area (Å²) in [6, 6.07) is 10.7. The highest BCUT2D eigenvalue weighted by molar-refractivity contribution is 9.10.